The molecule has 0 saturated carbocycles. The van der Waals surface area contributed by atoms with Crippen molar-refractivity contribution in [1.82, 2.24) is 9.97 Å². The van der Waals surface area contributed by atoms with Gasteiger partial charge in [0.05, 0.1) is 15.1 Å². The van der Waals surface area contributed by atoms with Crippen LogP contribution in [0.1, 0.15) is 12.6 Å². The lowest BCUT2D eigenvalue weighted by Crippen LogP contribution is -1.97. The van der Waals surface area contributed by atoms with Crippen molar-refractivity contribution in [3.8, 4) is 11.4 Å². The van der Waals surface area contributed by atoms with Crippen molar-refractivity contribution in [3.63, 3.8) is 0 Å². The molecule has 7 heteroatoms. The zero-order chi connectivity index (χ0) is 14.0. The van der Waals surface area contributed by atoms with Crippen LogP contribution in [0.2, 0.25) is 5.15 Å². The molecule has 0 fully saturated rings. The highest BCUT2D eigenvalue weighted by molar-refractivity contribution is 9.10. The van der Waals surface area contributed by atoms with E-state index in [1.165, 1.54) is 12.1 Å². The number of benzene rings is 1. The molecule has 0 unspecified atom stereocenters. The molecule has 0 amide bonds. The van der Waals surface area contributed by atoms with Crippen LogP contribution in [0.3, 0.4) is 0 Å². The van der Waals surface area contributed by atoms with Crippen LogP contribution in [-0.2, 0) is 6.42 Å². The Morgan fingerprint density at radius 1 is 1.32 bits per heavy atom. The molecule has 0 radical (unpaired) electrons. The molecule has 0 saturated heterocycles. The van der Waals surface area contributed by atoms with E-state index < -0.39 is 4.92 Å². The Labute approximate surface area is 122 Å². The van der Waals surface area contributed by atoms with Gasteiger partial charge in [0.2, 0.25) is 0 Å². The molecule has 5 nitrogen and oxygen atoms in total. The van der Waals surface area contributed by atoms with E-state index in [-0.39, 0.29) is 5.69 Å². The van der Waals surface area contributed by atoms with Gasteiger partial charge in [-0.3, -0.25) is 10.1 Å². The van der Waals surface area contributed by atoms with Crippen LogP contribution in [0.25, 0.3) is 11.4 Å². The number of nitrogens with zero attached hydrogens (tertiary/aromatic N) is 3. The van der Waals surface area contributed by atoms with Gasteiger partial charge in [-0.15, -0.1) is 0 Å². The molecular weight excluding hydrogens is 334 g/mol. The minimum atomic E-state index is -0.448. The van der Waals surface area contributed by atoms with Gasteiger partial charge in [0.15, 0.2) is 5.82 Å². The van der Waals surface area contributed by atoms with E-state index >= 15 is 0 Å². The third-order valence-corrected chi connectivity index (χ3v) is 3.89. The molecular formula is C12H9BrClN3O2. The summed E-state index contributed by atoms with van der Waals surface area (Å²) in [7, 11) is 0. The first-order valence-electron chi connectivity index (χ1n) is 5.49. The van der Waals surface area contributed by atoms with Crippen molar-refractivity contribution in [1.29, 1.82) is 0 Å². The monoisotopic (exact) mass is 341 g/mol. The summed E-state index contributed by atoms with van der Waals surface area (Å²) in [5.41, 5.74) is 1.52. The molecule has 1 aromatic heterocycles. The number of non-ortho nitro benzene ring substituents is 1. The average molecular weight is 343 g/mol. The number of aromatic nitrogens is 2. The highest BCUT2D eigenvalue weighted by Crippen LogP contribution is 2.27. The maximum atomic E-state index is 10.6. The molecule has 0 bridgehead atoms. The molecule has 0 N–H and O–H groups in total. The number of hydrogen-bond donors (Lipinski definition) is 0. The topological polar surface area (TPSA) is 68.9 Å². The zero-order valence-corrected chi connectivity index (χ0v) is 12.3. The summed E-state index contributed by atoms with van der Waals surface area (Å²) in [4.78, 5) is 18.7. The second kappa shape index (κ2) is 5.63. The van der Waals surface area contributed by atoms with E-state index in [1.54, 1.807) is 12.1 Å². The minimum absolute atomic E-state index is 0.0303. The van der Waals surface area contributed by atoms with Crippen molar-refractivity contribution in [3.05, 3.63) is 49.7 Å². The van der Waals surface area contributed by atoms with Crippen molar-refractivity contribution in [2.75, 3.05) is 0 Å². The molecule has 1 aromatic carbocycles. The normalized spacial score (nSPS) is 10.5. The standard InChI is InChI=1S/C12H9BrClN3O2/c1-2-9-10(13)11(14)16-12(15-9)7-3-5-8(6-4-7)17(18)19/h3-6H,2H2,1H3. The van der Waals surface area contributed by atoms with E-state index in [0.29, 0.717) is 27.4 Å². The lowest BCUT2D eigenvalue weighted by molar-refractivity contribution is -0.384. The molecule has 0 aliphatic heterocycles. The molecule has 2 rings (SSSR count). The maximum Gasteiger partial charge on any atom is 0.269 e. The molecule has 0 atom stereocenters. The minimum Gasteiger partial charge on any atom is -0.258 e. The van der Waals surface area contributed by atoms with Crippen molar-refractivity contribution in [2.24, 2.45) is 0 Å². The Morgan fingerprint density at radius 3 is 2.47 bits per heavy atom. The van der Waals surface area contributed by atoms with Gasteiger partial charge in [-0.1, -0.05) is 18.5 Å². The molecule has 98 valence electrons. The van der Waals surface area contributed by atoms with Crippen LogP contribution < -0.4 is 0 Å². The van der Waals surface area contributed by atoms with Crippen molar-refractivity contribution >= 4 is 33.2 Å². The van der Waals surface area contributed by atoms with Gasteiger partial charge in [0.25, 0.3) is 5.69 Å². The SMILES string of the molecule is CCc1nc(-c2ccc([N+](=O)[O-])cc2)nc(Cl)c1Br. The number of hydrogen-bond acceptors (Lipinski definition) is 4. The third-order valence-electron chi connectivity index (χ3n) is 2.55. The summed E-state index contributed by atoms with van der Waals surface area (Å²) < 4.78 is 0.683. The summed E-state index contributed by atoms with van der Waals surface area (Å²) in [6, 6.07) is 6.05. The van der Waals surface area contributed by atoms with Crippen LogP contribution >= 0.6 is 27.5 Å². The van der Waals surface area contributed by atoms with Gasteiger partial charge >= 0.3 is 0 Å². The highest BCUT2D eigenvalue weighted by Gasteiger charge is 2.12. The average Bonchev–Trinajstić information content (AvgIpc) is 2.41. The number of halogens is 2. The molecule has 0 aliphatic rings. The predicted octanol–water partition coefficient (Wildman–Crippen LogP) is 4.03. The Morgan fingerprint density at radius 2 is 1.95 bits per heavy atom. The van der Waals surface area contributed by atoms with Crippen LogP contribution in [0.4, 0.5) is 5.69 Å². The molecule has 2 aromatic rings. The smallest absolute Gasteiger partial charge is 0.258 e. The zero-order valence-electron chi connectivity index (χ0n) is 9.93. The van der Waals surface area contributed by atoms with E-state index in [1.807, 2.05) is 6.92 Å². The van der Waals surface area contributed by atoms with Crippen LogP contribution in [0, 0.1) is 10.1 Å². The summed E-state index contributed by atoms with van der Waals surface area (Å²) in [6.07, 6.45) is 0.711. The van der Waals surface area contributed by atoms with Crippen LogP contribution in [-0.4, -0.2) is 14.9 Å². The van der Waals surface area contributed by atoms with Crippen LogP contribution in [0.5, 0.6) is 0 Å². The molecule has 0 aliphatic carbocycles. The molecule has 1 heterocycles. The van der Waals surface area contributed by atoms with E-state index in [9.17, 15) is 10.1 Å². The van der Waals surface area contributed by atoms with Gasteiger partial charge in [0.1, 0.15) is 5.15 Å². The molecule has 19 heavy (non-hydrogen) atoms. The Balaban J connectivity index is 2.47. The van der Waals surface area contributed by atoms with E-state index in [2.05, 4.69) is 25.9 Å². The molecule has 0 spiro atoms. The fraction of sp³-hybridized carbons (Fsp3) is 0.167. The Hall–Kier alpha value is -1.53. The lowest BCUT2D eigenvalue weighted by Gasteiger charge is -2.06. The van der Waals surface area contributed by atoms with E-state index in [4.69, 9.17) is 11.6 Å². The summed E-state index contributed by atoms with van der Waals surface area (Å²) in [6.45, 7) is 1.96. The number of nitro benzene ring substituents is 1. The largest absolute Gasteiger partial charge is 0.269 e. The van der Waals surface area contributed by atoms with Gasteiger partial charge in [0, 0.05) is 17.7 Å². The van der Waals surface area contributed by atoms with E-state index in [0.717, 1.165) is 5.69 Å². The van der Waals surface area contributed by atoms with Crippen molar-refractivity contribution in [2.45, 2.75) is 13.3 Å². The first-order chi connectivity index (χ1) is 9.02. The summed E-state index contributed by atoms with van der Waals surface area (Å²) in [5.74, 6) is 0.458. The van der Waals surface area contributed by atoms with Gasteiger partial charge in [-0.25, -0.2) is 9.97 Å². The Bertz CT molecular complexity index is 632. The third kappa shape index (κ3) is 2.90. The quantitative estimate of drug-likeness (QED) is 0.480. The van der Waals surface area contributed by atoms with Gasteiger partial charge < -0.3 is 0 Å². The van der Waals surface area contributed by atoms with Gasteiger partial charge in [-0.05, 0) is 34.5 Å². The highest BCUT2D eigenvalue weighted by atomic mass is 79.9. The van der Waals surface area contributed by atoms with Crippen LogP contribution in [0.15, 0.2) is 28.7 Å². The maximum absolute atomic E-state index is 10.6. The fourth-order valence-electron chi connectivity index (χ4n) is 1.56. The number of rotatable bonds is 3. The predicted molar refractivity (Wildman–Crippen MR) is 76.2 cm³/mol. The second-order valence-electron chi connectivity index (χ2n) is 3.76. The Kier molecular flexibility index (Phi) is 4.11. The number of aryl methyl sites for hydroxylation is 1. The number of nitro groups is 1. The lowest BCUT2D eigenvalue weighted by atomic mass is 10.2. The first kappa shape index (κ1) is 13.9. The second-order valence-corrected chi connectivity index (χ2v) is 4.91. The van der Waals surface area contributed by atoms with Gasteiger partial charge in [-0.2, -0.15) is 0 Å². The fourth-order valence-corrected chi connectivity index (χ4v) is 2.21. The summed E-state index contributed by atoms with van der Waals surface area (Å²) >= 11 is 9.35. The summed E-state index contributed by atoms with van der Waals surface area (Å²) in [5, 5.41) is 10.9. The first-order valence-corrected chi connectivity index (χ1v) is 6.66. The van der Waals surface area contributed by atoms with Crippen molar-refractivity contribution < 1.29 is 4.92 Å².